The van der Waals surface area contributed by atoms with Crippen molar-refractivity contribution < 1.29 is 9.53 Å². The first-order valence-corrected chi connectivity index (χ1v) is 7.05. The number of carbonyl (C=O) groups excluding carboxylic acids is 1. The third-order valence-electron chi connectivity index (χ3n) is 3.81. The molecule has 1 saturated carbocycles. The summed E-state index contributed by atoms with van der Waals surface area (Å²) in [6.45, 7) is 5.22. The highest BCUT2D eigenvalue weighted by atomic mass is 16.5. The zero-order valence-electron chi connectivity index (χ0n) is 11.4. The number of aromatic nitrogens is 1. The molecule has 0 bridgehead atoms. The maximum absolute atomic E-state index is 11.9. The topological polar surface area (TPSA) is 31.2 Å². The minimum absolute atomic E-state index is 0.184. The molecule has 0 N–H and O–H groups in total. The molecule has 0 radical (unpaired) electrons. The van der Waals surface area contributed by atoms with Crippen molar-refractivity contribution in [2.45, 2.75) is 52.5 Å². The van der Waals surface area contributed by atoms with Gasteiger partial charge in [0.1, 0.15) is 5.69 Å². The van der Waals surface area contributed by atoms with Crippen molar-refractivity contribution in [1.29, 1.82) is 0 Å². The van der Waals surface area contributed by atoms with E-state index in [0.717, 1.165) is 23.7 Å². The van der Waals surface area contributed by atoms with Gasteiger partial charge in [-0.3, -0.25) is 0 Å². The smallest absolute Gasteiger partial charge is 0.355 e. The Bertz CT molecular complexity index is 403. The SMILES string of the molecule is CCOC(=O)c1c(C)ccn1CC1CCCCC1. The van der Waals surface area contributed by atoms with E-state index in [0.29, 0.717) is 6.61 Å². The van der Waals surface area contributed by atoms with Crippen molar-refractivity contribution in [2.75, 3.05) is 6.61 Å². The van der Waals surface area contributed by atoms with E-state index in [1.165, 1.54) is 32.1 Å². The van der Waals surface area contributed by atoms with Crippen molar-refractivity contribution in [3.05, 3.63) is 23.5 Å². The Kier molecular flexibility index (Phi) is 4.45. The van der Waals surface area contributed by atoms with Gasteiger partial charge in [-0.2, -0.15) is 0 Å². The second kappa shape index (κ2) is 6.07. The molecule has 0 unspecified atom stereocenters. The van der Waals surface area contributed by atoms with Crippen LogP contribution in [0.5, 0.6) is 0 Å². The second-order valence-electron chi connectivity index (χ2n) is 5.22. The lowest BCUT2D eigenvalue weighted by molar-refractivity contribution is 0.0511. The molecule has 18 heavy (non-hydrogen) atoms. The minimum Gasteiger partial charge on any atom is -0.461 e. The highest BCUT2D eigenvalue weighted by Gasteiger charge is 2.19. The summed E-state index contributed by atoms with van der Waals surface area (Å²) in [6, 6.07) is 2.01. The number of aryl methyl sites for hydroxylation is 1. The molecule has 1 heterocycles. The lowest BCUT2D eigenvalue weighted by Gasteiger charge is -2.23. The maximum Gasteiger partial charge on any atom is 0.355 e. The molecule has 0 aromatic carbocycles. The first-order chi connectivity index (χ1) is 8.72. The molecule has 1 aliphatic carbocycles. The predicted molar refractivity (Wildman–Crippen MR) is 71.7 cm³/mol. The van der Waals surface area contributed by atoms with Crippen molar-refractivity contribution in [2.24, 2.45) is 5.92 Å². The van der Waals surface area contributed by atoms with E-state index in [4.69, 9.17) is 4.74 Å². The average Bonchev–Trinajstić information content (AvgIpc) is 2.72. The Morgan fingerprint density at radius 3 is 2.78 bits per heavy atom. The van der Waals surface area contributed by atoms with Gasteiger partial charge in [0.15, 0.2) is 0 Å². The predicted octanol–water partition coefficient (Wildman–Crippen LogP) is 3.55. The molecule has 1 aromatic heterocycles. The molecule has 1 aromatic rings. The molecule has 1 fully saturated rings. The number of rotatable bonds is 4. The average molecular weight is 249 g/mol. The number of carbonyl (C=O) groups is 1. The highest BCUT2D eigenvalue weighted by molar-refractivity contribution is 5.89. The van der Waals surface area contributed by atoms with Gasteiger partial charge in [0.2, 0.25) is 0 Å². The van der Waals surface area contributed by atoms with E-state index in [1.807, 2.05) is 26.1 Å². The standard InChI is InChI=1S/C15H23NO2/c1-3-18-15(17)14-12(2)9-10-16(14)11-13-7-5-4-6-8-13/h9-10,13H,3-8,11H2,1-2H3. The minimum atomic E-state index is -0.184. The number of ether oxygens (including phenoxy) is 1. The molecule has 0 amide bonds. The van der Waals surface area contributed by atoms with Crippen LogP contribution < -0.4 is 0 Å². The molecule has 0 saturated heterocycles. The lowest BCUT2D eigenvalue weighted by Crippen LogP contribution is -2.19. The fourth-order valence-electron chi connectivity index (χ4n) is 2.86. The molecule has 0 spiro atoms. The molecule has 1 aliphatic rings. The largest absolute Gasteiger partial charge is 0.461 e. The third kappa shape index (κ3) is 2.95. The van der Waals surface area contributed by atoms with E-state index in [1.54, 1.807) is 0 Å². The zero-order valence-corrected chi connectivity index (χ0v) is 11.4. The van der Waals surface area contributed by atoms with Crippen LogP contribution in [0.25, 0.3) is 0 Å². The van der Waals surface area contributed by atoms with E-state index in [-0.39, 0.29) is 5.97 Å². The monoisotopic (exact) mass is 249 g/mol. The summed E-state index contributed by atoms with van der Waals surface area (Å²) < 4.78 is 7.22. The van der Waals surface area contributed by atoms with E-state index >= 15 is 0 Å². The molecule has 3 nitrogen and oxygen atoms in total. The summed E-state index contributed by atoms with van der Waals surface area (Å²) in [6.07, 6.45) is 8.64. The lowest BCUT2D eigenvalue weighted by atomic mass is 9.89. The van der Waals surface area contributed by atoms with Crippen molar-refractivity contribution in [3.63, 3.8) is 0 Å². The van der Waals surface area contributed by atoms with Gasteiger partial charge in [0.05, 0.1) is 6.61 Å². The van der Waals surface area contributed by atoms with Crippen molar-refractivity contribution in [1.82, 2.24) is 4.57 Å². The summed E-state index contributed by atoms with van der Waals surface area (Å²) in [5.41, 5.74) is 1.76. The Balaban J connectivity index is 2.09. The van der Waals surface area contributed by atoms with Crippen molar-refractivity contribution in [3.8, 4) is 0 Å². The summed E-state index contributed by atoms with van der Waals surface area (Å²) in [5, 5.41) is 0. The normalized spacial score (nSPS) is 16.8. The van der Waals surface area contributed by atoms with Gasteiger partial charge in [-0.05, 0) is 44.2 Å². The summed E-state index contributed by atoms with van der Waals surface area (Å²) >= 11 is 0. The van der Waals surface area contributed by atoms with Crippen molar-refractivity contribution >= 4 is 5.97 Å². The Labute approximate surface area is 109 Å². The van der Waals surface area contributed by atoms with Crippen LogP contribution >= 0.6 is 0 Å². The van der Waals surface area contributed by atoms with Crippen LogP contribution in [0, 0.1) is 12.8 Å². The quantitative estimate of drug-likeness (QED) is 0.764. The van der Waals surface area contributed by atoms with Gasteiger partial charge in [-0.15, -0.1) is 0 Å². The molecule has 0 aliphatic heterocycles. The van der Waals surface area contributed by atoms with Crippen LogP contribution in [-0.2, 0) is 11.3 Å². The van der Waals surface area contributed by atoms with Crippen LogP contribution in [0.15, 0.2) is 12.3 Å². The third-order valence-corrected chi connectivity index (χ3v) is 3.81. The van der Waals surface area contributed by atoms with Gasteiger partial charge >= 0.3 is 5.97 Å². The second-order valence-corrected chi connectivity index (χ2v) is 5.22. The van der Waals surface area contributed by atoms with E-state index in [9.17, 15) is 4.79 Å². The van der Waals surface area contributed by atoms with Gasteiger partial charge in [0, 0.05) is 12.7 Å². The number of hydrogen-bond acceptors (Lipinski definition) is 2. The summed E-state index contributed by atoms with van der Waals surface area (Å²) in [4.78, 5) is 11.9. The first-order valence-electron chi connectivity index (χ1n) is 7.05. The van der Waals surface area contributed by atoms with Gasteiger partial charge in [-0.25, -0.2) is 4.79 Å². The number of hydrogen-bond donors (Lipinski definition) is 0. The molecule has 100 valence electrons. The number of nitrogens with zero attached hydrogens (tertiary/aromatic N) is 1. The van der Waals surface area contributed by atoms with E-state index < -0.39 is 0 Å². The van der Waals surface area contributed by atoms with Gasteiger partial charge in [0.25, 0.3) is 0 Å². The first kappa shape index (κ1) is 13.2. The van der Waals surface area contributed by atoms with Crippen LogP contribution in [-0.4, -0.2) is 17.1 Å². The molecular weight excluding hydrogens is 226 g/mol. The fraction of sp³-hybridized carbons (Fsp3) is 0.667. The van der Waals surface area contributed by atoms with Crippen LogP contribution in [0.3, 0.4) is 0 Å². The molecule has 3 heteroatoms. The molecule has 2 rings (SSSR count). The maximum atomic E-state index is 11.9. The number of esters is 1. The zero-order chi connectivity index (χ0) is 13.0. The fourth-order valence-corrected chi connectivity index (χ4v) is 2.86. The Morgan fingerprint density at radius 2 is 2.11 bits per heavy atom. The van der Waals surface area contributed by atoms with E-state index in [2.05, 4.69) is 4.57 Å². The summed E-state index contributed by atoms with van der Waals surface area (Å²) in [5.74, 6) is 0.537. The van der Waals surface area contributed by atoms with Gasteiger partial charge in [-0.1, -0.05) is 19.3 Å². The van der Waals surface area contributed by atoms with Crippen LogP contribution in [0.4, 0.5) is 0 Å². The summed E-state index contributed by atoms with van der Waals surface area (Å²) in [7, 11) is 0. The molecular formula is C15H23NO2. The molecule has 0 atom stereocenters. The highest BCUT2D eigenvalue weighted by Crippen LogP contribution is 2.26. The Hall–Kier alpha value is -1.25. The van der Waals surface area contributed by atoms with Gasteiger partial charge < -0.3 is 9.30 Å². The van der Waals surface area contributed by atoms with Crippen LogP contribution in [0.2, 0.25) is 0 Å². The van der Waals surface area contributed by atoms with Crippen LogP contribution in [0.1, 0.15) is 55.1 Å². The Morgan fingerprint density at radius 1 is 1.39 bits per heavy atom.